The summed E-state index contributed by atoms with van der Waals surface area (Å²) < 4.78 is 0. The van der Waals surface area contributed by atoms with Crippen LogP contribution in [-0.2, 0) is 9.59 Å². The van der Waals surface area contributed by atoms with E-state index in [4.69, 9.17) is 0 Å². The van der Waals surface area contributed by atoms with Gasteiger partial charge in [-0.25, -0.2) is 4.79 Å². The molecule has 1 heterocycles. The molecule has 7 heteroatoms. The van der Waals surface area contributed by atoms with Crippen molar-refractivity contribution in [1.82, 2.24) is 20.4 Å². The van der Waals surface area contributed by atoms with Crippen molar-refractivity contribution in [3.05, 3.63) is 0 Å². The molecule has 2 rings (SSSR count). The van der Waals surface area contributed by atoms with Gasteiger partial charge in [-0.2, -0.15) is 0 Å². The lowest BCUT2D eigenvalue weighted by Crippen LogP contribution is -2.52. The maximum Gasteiger partial charge on any atom is 0.321 e. The summed E-state index contributed by atoms with van der Waals surface area (Å²) in [5.74, 6) is 0.692. The number of imide groups is 1. The molecule has 142 valence electrons. The standard InChI is InChI=1S/C18H32N4O3/c1-2-9-19-18(25)20-16(23)14-21-10-12-22(13-11-21)17(24)8-7-15-5-3-4-6-15/h15H,2-14H2,1H3,(H2,19,20,23,25). The molecule has 0 spiro atoms. The average Bonchev–Trinajstić information content (AvgIpc) is 3.12. The molecule has 0 unspecified atom stereocenters. The van der Waals surface area contributed by atoms with Gasteiger partial charge in [-0.3, -0.25) is 19.8 Å². The number of nitrogens with zero attached hydrogens (tertiary/aromatic N) is 2. The molecular formula is C18H32N4O3. The predicted octanol–water partition coefficient (Wildman–Crippen LogP) is 1.34. The Morgan fingerprint density at radius 2 is 1.72 bits per heavy atom. The van der Waals surface area contributed by atoms with Gasteiger partial charge in [0.05, 0.1) is 6.54 Å². The highest BCUT2D eigenvalue weighted by Crippen LogP contribution is 2.28. The van der Waals surface area contributed by atoms with Crippen molar-refractivity contribution in [2.24, 2.45) is 5.92 Å². The van der Waals surface area contributed by atoms with Gasteiger partial charge in [0.15, 0.2) is 0 Å². The van der Waals surface area contributed by atoms with Crippen LogP contribution in [0, 0.1) is 5.92 Å². The topological polar surface area (TPSA) is 81.8 Å². The molecule has 0 radical (unpaired) electrons. The fourth-order valence-corrected chi connectivity index (χ4v) is 3.59. The van der Waals surface area contributed by atoms with E-state index >= 15 is 0 Å². The Labute approximate surface area is 150 Å². The van der Waals surface area contributed by atoms with E-state index in [9.17, 15) is 14.4 Å². The minimum absolute atomic E-state index is 0.198. The molecule has 4 amide bonds. The third-order valence-electron chi connectivity index (χ3n) is 5.12. The molecule has 7 nitrogen and oxygen atoms in total. The number of nitrogens with one attached hydrogen (secondary N) is 2. The van der Waals surface area contributed by atoms with Gasteiger partial charge < -0.3 is 10.2 Å². The molecule has 25 heavy (non-hydrogen) atoms. The minimum atomic E-state index is -0.437. The Morgan fingerprint density at radius 1 is 1.04 bits per heavy atom. The second-order valence-corrected chi connectivity index (χ2v) is 7.15. The van der Waals surface area contributed by atoms with Crippen LogP contribution in [0.2, 0.25) is 0 Å². The molecule has 1 saturated heterocycles. The fraction of sp³-hybridized carbons (Fsp3) is 0.833. The molecule has 0 aromatic carbocycles. The molecule has 0 bridgehead atoms. The average molecular weight is 352 g/mol. The third kappa shape index (κ3) is 7.02. The summed E-state index contributed by atoms with van der Waals surface area (Å²) in [5.41, 5.74) is 0. The van der Waals surface area contributed by atoms with Gasteiger partial charge in [-0.1, -0.05) is 32.6 Å². The first-order chi connectivity index (χ1) is 12.1. The van der Waals surface area contributed by atoms with Crippen LogP contribution in [0.3, 0.4) is 0 Å². The van der Waals surface area contributed by atoms with E-state index < -0.39 is 6.03 Å². The number of amides is 4. The quantitative estimate of drug-likeness (QED) is 0.724. The summed E-state index contributed by atoms with van der Waals surface area (Å²) in [4.78, 5) is 39.5. The van der Waals surface area contributed by atoms with Crippen molar-refractivity contribution in [2.45, 2.75) is 51.9 Å². The largest absolute Gasteiger partial charge is 0.340 e. The zero-order chi connectivity index (χ0) is 18.1. The van der Waals surface area contributed by atoms with Gasteiger partial charge in [0.25, 0.3) is 0 Å². The van der Waals surface area contributed by atoms with Crippen LogP contribution in [-0.4, -0.2) is 66.9 Å². The Kier molecular flexibility index (Phi) is 8.18. The maximum absolute atomic E-state index is 12.3. The van der Waals surface area contributed by atoms with Crippen molar-refractivity contribution in [1.29, 1.82) is 0 Å². The second-order valence-electron chi connectivity index (χ2n) is 7.15. The molecule has 1 aliphatic heterocycles. The van der Waals surface area contributed by atoms with Crippen molar-refractivity contribution in [3.8, 4) is 0 Å². The zero-order valence-corrected chi connectivity index (χ0v) is 15.4. The summed E-state index contributed by atoms with van der Waals surface area (Å²) in [7, 11) is 0. The first kappa shape index (κ1) is 19.7. The SMILES string of the molecule is CCCNC(=O)NC(=O)CN1CCN(C(=O)CCC2CCCC2)CC1. The number of urea groups is 1. The molecule has 2 aliphatic rings. The Balaban J connectivity index is 1.60. The zero-order valence-electron chi connectivity index (χ0n) is 15.4. The van der Waals surface area contributed by atoms with E-state index in [1.165, 1.54) is 25.7 Å². The number of piperazine rings is 1. The van der Waals surface area contributed by atoms with Gasteiger partial charge in [0, 0.05) is 39.1 Å². The molecule has 0 atom stereocenters. The third-order valence-corrected chi connectivity index (χ3v) is 5.12. The van der Waals surface area contributed by atoms with E-state index in [0.717, 1.165) is 18.8 Å². The van der Waals surface area contributed by atoms with Gasteiger partial charge in [-0.05, 0) is 18.8 Å². The summed E-state index contributed by atoms with van der Waals surface area (Å²) in [6.07, 6.45) is 7.70. The highest BCUT2D eigenvalue weighted by molar-refractivity contribution is 5.95. The number of rotatable bonds is 7. The van der Waals surface area contributed by atoms with Crippen LogP contribution < -0.4 is 10.6 Å². The Hall–Kier alpha value is -1.63. The normalized spacial score (nSPS) is 19.0. The first-order valence-corrected chi connectivity index (χ1v) is 9.66. The Bertz CT molecular complexity index is 455. The monoisotopic (exact) mass is 352 g/mol. The summed E-state index contributed by atoms with van der Waals surface area (Å²) in [6, 6.07) is -0.437. The van der Waals surface area contributed by atoms with Gasteiger partial charge in [-0.15, -0.1) is 0 Å². The van der Waals surface area contributed by atoms with E-state index in [1.54, 1.807) is 0 Å². The summed E-state index contributed by atoms with van der Waals surface area (Å²) in [6.45, 7) is 5.40. The van der Waals surface area contributed by atoms with Crippen LogP contribution in [0.15, 0.2) is 0 Å². The van der Waals surface area contributed by atoms with Crippen LogP contribution in [0.5, 0.6) is 0 Å². The minimum Gasteiger partial charge on any atom is -0.340 e. The molecule has 0 aromatic heterocycles. The summed E-state index contributed by atoms with van der Waals surface area (Å²) in [5, 5.41) is 4.95. The molecule has 2 fully saturated rings. The molecular weight excluding hydrogens is 320 g/mol. The fourth-order valence-electron chi connectivity index (χ4n) is 3.59. The lowest BCUT2D eigenvalue weighted by atomic mass is 10.0. The van der Waals surface area contributed by atoms with Gasteiger partial charge in [0.2, 0.25) is 11.8 Å². The number of hydrogen-bond acceptors (Lipinski definition) is 4. The Morgan fingerprint density at radius 3 is 2.36 bits per heavy atom. The number of carbonyl (C=O) groups excluding carboxylic acids is 3. The van der Waals surface area contributed by atoms with Crippen molar-refractivity contribution < 1.29 is 14.4 Å². The van der Waals surface area contributed by atoms with E-state index in [1.807, 2.05) is 16.7 Å². The van der Waals surface area contributed by atoms with Crippen molar-refractivity contribution in [3.63, 3.8) is 0 Å². The first-order valence-electron chi connectivity index (χ1n) is 9.66. The molecule has 0 aromatic rings. The molecule has 1 saturated carbocycles. The summed E-state index contributed by atoms with van der Waals surface area (Å²) >= 11 is 0. The van der Waals surface area contributed by atoms with Crippen LogP contribution >= 0.6 is 0 Å². The smallest absolute Gasteiger partial charge is 0.321 e. The van der Waals surface area contributed by atoms with Crippen molar-refractivity contribution >= 4 is 17.8 Å². The van der Waals surface area contributed by atoms with Gasteiger partial charge in [0.1, 0.15) is 0 Å². The lowest BCUT2D eigenvalue weighted by Gasteiger charge is -2.34. The van der Waals surface area contributed by atoms with Gasteiger partial charge >= 0.3 is 6.03 Å². The number of carbonyl (C=O) groups is 3. The maximum atomic E-state index is 12.3. The van der Waals surface area contributed by atoms with E-state index in [-0.39, 0.29) is 18.4 Å². The van der Waals surface area contributed by atoms with Crippen LogP contribution in [0.1, 0.15) is 51.9 Å². The highest BCUT2D eigenvalue weighted by atomic mass is 16.2. The molecule has 1 aliphatic carbocycles. The van der Waals surface area contributed by atoms with E-state index in [2.05, 4.69) is 10.6 Å². The van der Waals surface area contributed by atoms with E-state index in [0.29, 0.717) is 39.1 Å². The lowest BCUT2D eigenvalue weighted by molar-refractivity contribution is -0.133. The van der Waals surface area contributed by atoms with Crippen LogP contribution in [0.4, 0.5) is 4.79 Å². The predicted molar refractivity (Wildman–Crippen MR) is 96.0 cm³/mol. The molecule has 2 N–H and O–H groups in total. The number of hydrogen-bond donors (Lipinski definition) is 2. The van der Waals surface area contributed by atoms with Crippen molar-refractivity contribution in [2.75, 3.05) is 39.3 Å². The second kappa shape index (κ2) is 10.4. The highest BCUT2D eigenvalue weighted by Gasteiger charge is 2.24. The van der Waals surface area contributed by atoms with Crippen LogP contribution in [0.25, 0.3) is 0 Å².